The van der Waals surface area contributed by atoms with Gasteiger partial charge < -0.3 is 0 Å². The topological polar surface area (TPSA) is 0 Å². The first-order valence-corrected chi connectivity index (χ1v) is 13.8. The van der Waals surface area contributed by atoms with Gasteiger partial charge in [-0.2, -0.15) is 0 Å². The second-order valence-corrected chi connectivity index (χ2v) is 9.60. The van der Waals surface area contributed by atoms with Gasteiger partial charge in [0.1, 0.15) is 0 Å². The Morgan fingerprint density at radius 3 is 0.821 bits per heavy atom. The molecule has 0 aromatic heterocycles. The molecule has 0 nitrogen and oxygen atoms in total. The Balaban J connectivity index is 3.61. The highest BCUT2D eigenvalue weighted by molar-refractivity contribution is 4.62. The fourth-order valence-electron chi connectivity index (χ4n) is 4.60. The van der Waals surface area contributed by atoms with Crippen LogP contribution in [0.5, 0.6) is 0 Å². The van der Waals surface area contributed by atoms with Gasteiger partial charge in [0.25, 0.3) is 0 Å². The van der Waals surface area contributed by atoms with Crippen LogP contribution in [0.2, 0.25) is 0 Å². The molecule has 0 heterocycles. The van der Waals surface area contributed by atoms with E-state index in [0.29, 0.717) is 0 Å². The fraction of sp³-hybridized carbons (Fsp3) is 1.00. The number of hydrogen-bond donors (Lipinski definition) is 0. The molecule has 0 aliphatic rings. The van der Waals surface area contributed by atoms with Gasteiger partial charge in [-0.1, -0.05) is 175 Å². The molecule has 0 heteroatoms. The third kappa shape index (κ3) is 22.3. The molecule has 0 N–H and O–H groups in total. The largest absolute Gasteiger partial charge is 0.0654 e. The van der Waals surface area contributed by atoms with E-state index >= 15 is 0 Å². The van der Waals surface area contributed by atoms with Crippen molar-refractivity contribution >= 4 is 0 Å². The van der Waals surface area contributed by atoms with Crippen molar-refractivity contribution < 1.29 is 0 Å². The summed E-state index contributed by atoms with van der Waals surface area (Å²) in [4.78, 5) is 0. The van der Waals surface area contributed by atoms with Gasteiger partial charge in [0.15, 0.2) is 0 Å². The Morgan fingerprint density at radius 1 is 0.286 bits per heavy atom. The van der Waals surface area contributed by atoms with Crippen LogP contribution in [0.3, 0.4) is 0 Å². The molecule has 0 saturated carbocycles. The summed E-state index contributed by atoms with van der Waals surface area (Å²) >= 11 is 0. The van der Waals surface area contributed by atoms with Gasteiger partial charge in [-0.05, 0) is 5.92 Å². The lowest BCUT2D eigenvalue weighted by Crippen LogP contribution is -2.01. The summed E-state index contributed by atoms with van der Waals surface area (Å²) in [6.45, 7) is 6.97. The summed E-state index contributed by atoms with van der Waals surface area (Å²) < 4.78 is 0. The third-order valence-electron chi connectivity index (χ3n) is 6.65. The van der Waals surface area contributed by atoms with E-state index in [1.165, 1.54) is 154 Å². The Labute approximate surface area is 181 Å². The molecule has 0 saturated heterocycles. The molecule has 0 radical (unpaired) electrons. The standard InChI is InChI=1S/C28H58/c1-4-7-10-12-14-16-17-19-21-24-27-28(25-22-9-6-3)26-23-20-18-15-13-11-8-5-2/h28H,4-27H2,1-3H3. The maximum absolute atomic E-state index is 2.34. The van der Waals surface area contributed by atoms with E-state index in [9.17, 15) is 0 Å². The van der Waals surface area contributed by atoms with Gasteiger partial charge in [-0.3, -0.25) is 0 Å². The summed E-state index contributed by atoms with van der Waals surface area (Å²) in [6.07, 6.45) is 35.3. The second kappa shape index (κ2) is 25.0. The van der Waals surface area contributed by atoms with Crippen LogP contribution in [0, 0.1) is 5.92 Å². The molecular formula is C28H58. The van der Waals surface area contributed by atoms with Crippen LogP contribution in [0.1, 0.15) is 175 Å². The first kappa shape index (κ1) is 28.0. The zero-order valence-corrected chi connectivity index (χ0v) is 20.5. The average Bonchev–Trinajstić information content (AvgIpc) is 2.71. The molecule has 0 amide bonds. The number of hydrogen-bond acceptors (Lipinski definition) is 0. The fourth-order valence-corrected chi connectivity index (χ4v) is 4.60. The normalized spacial score (nSPS) is 12.5. The smallest absolute Gasteiger partial charge is 0.0414 e. The van der Waals surface area contributed by atoms with Crippen molar-refractivity contribution in [3.63, 3.8) is 0 Å². The lowest BCUT2D eigenvalue weighted by molar-refractivity contribution is 0.367. The molecule has 0 aliphatic carbocycles. The van der Waals surface area contributed by atoms with Gasteiger partial charge in [0, 0.05) is 0 Å². The SMILES string of the molecule is CCCCCCCCCCCCC(CCCCC)CCCCCCCCCC. The third-order valence-corrected chi connectivity index (χ3v) is 6.65. The summed E-state index contributed by atoms with van der Waals surface area (Å²) in [5.74, 6) is 1.04. The molecule has 170 valence electrons. The van der Waals surface area contributed by atoms with E-state index in [1.807, 2.05) is 0 Å². The van der Waals surface area contributed by atoms with E-state index in [4.69, 9.17) is 0 Å². The summed E-state index contributed by atoms with van der Waals surface area (Å²) in [7, 11) is 0. The zero-order valence-electron chi connectivity index (χ0n) is 20.5. The minimum atomic E-state index is 1.04. The van der Waals surface area contributed by atoms with Crippen molar-refractivity contribution in [1.29, 1.82) is 0 Å². The van der Waals surface area contributed by atoms with Crippen molar-refractivity contribution in [3.8, 4) is 0 Å². The van der Waals surface area contributed by atoms with Crippen LogP contribution in [-0.4, -0.2) is 0 Å². The van der Waals surface area contributed by atoms with Crippen molar-refractivity contribution in [3.05, 3.63) is 0 Å². The molecule has 0 spiro atoms. The molecule has 0 aromatic carbocycles. The van der Waals surface area contributed by atoms with Crippen molar-refractivity contribution in [2.75, 3.05) is 0 Å². The minimum absolute atomic E-state index is 1.04. The van der Waals surface area contributed by atoms with Crippen LogP contribution in [-0.2, 0) is 0 Å². The Morgan fingerprint density at radius 2 is 0.500 bits per heavy atom. The maximum atomic E-state index is 2.34. The minimum Gasteiger partial charge on any atom is -0.0654 e. The van der Waals surface area contributed by atoms with Crippen LogP contribution in [0.15, 0.2) is 0 Å². The molecular weight excluding hydrogens is 336 g/mol. The molecule has 28 heavy (non-hydrogen) atoms. The monoisotopic (exact) mass is 394 g/mol. The lowest BCUT2D eigenvalue weighted by Gasteiger charge is -2.17. The first-order chi connectivity index (χ1) is 13.8. The lowest BCUT2D eigenvalue weighted by atomic mass is 9.89. The molecule has 0 aromatic rings. The molecule has 0 rings (SSSR count). The van der Waals surface area contributed by atoms with Gasteiger partial charge in [-0.25, -0.2) is 0 Å². The number of unbranched alkanes of at least 4 members (excludes halogenated alkanes) is 18. The van der Waals surface area contributed by atoms with Gasteiger partial charge in [0.05, 0.1) is 0 Å². The highest BCUT2D eigenvalue weighted by Gasteiger charge is 2.08. The Hall–Kier alpha value is 0. The predicted octanol–water partition coefficient (Wildman–Crippen LogP) is 11.0. The Bertz CT molecular complexity index is 257. The van der Waals surface area contributed by atoms with Crippen LogP contribution >= 0.6 is 0 Å². The molecule has 0 bridgehead atoms. The molecule has 0 aliphatic heterocycles. The van der Waals surface area contributed by atoms with Crippen molar-refractivity contribution in [2.45, 2.75) is 175 Å². The quantitative estimate of drug-likeness (QED) is 0.143. The average molecular weight is 395 g/mol. The van der Waals surface area contributed by atoms with Gasteiger partial charge >= 0.3 is 0 Å². The van der Waals surface area contributed by atoms with Crippen molar-refractivity contribution in [1.82, 2.24) is 0 Å². The van der Waals surface area contributed by atoms with E-state index in [0.717, 1.165) is 5.92 Å². The van der Waals surface area contributed by atoms with Gasteiger partial charge in [0.2, 0.25) is 0 Å². The maximum Gasteiger partial charge on any atom is -0.0414 e. The van der Waals surface area contributed by atoms with Crippen molar-refractivity contribution in [2.24, 2.45) is 5.92 Å². The molecule has 1 atom stereocenters. The second-order valence-electron chi connectivity index (χ2n) is 9.60. The molecule has 0 fully saturated rings. The van der Waals surface area contributed by atoms with E-state index in [-0.39, 0.29) is 0 Å². The van der Waals surface area contributed by atoms with Crippen LogP contribution in [0.4, 0.5) is 0 Å². The highest BCUT2D eigenvalue weighted by Crippen LogP contribution is 2.24. The van der Waals surface area contributed by atoms with Crippen LogP contribution in [0.25, 0.3) is 0 Å². The molecule has 1 unspecified atom stereocenters. The first-order valence-electron chi connectivity index (χ1n) is 13.8. The van der Waals surface area contributed by atoms with E-state index in [2.05, 4.69) is 20.8 Å². The summed E-state index contributed by atoms with van der Waals surface area (Å²) in [5.41, 5.74) is 0. The summed E-state index contributed by atoms with van der Waals surface area (Å²) in [5, 5.41) is 0. The number of rotatable bonds is 24. The zero-order chi connectivity index (χ0) is 20.5. The van der Waals surface area contributed by atoms with Crippen LogP contribution < -0.4 is 0 Å². The van der Waals surface area contributed by atoms with E-state index in [1.54, 1.807) is 0 Å². The van der Waals surface area contributed by atoms with E-state index < -0.39 is 0 Å². The summed E-state index contributed by atoms with van der Waals surface area (Å²) in [6, 6.07) is 0. The van der Waals surface area contributed by atoms with Gasteiger partial charge in [-0.15, -0.1) is 0 Å². The highest BCUT2D eigenvalue weighted by atomic mass is 14.1. The Kier molecular flexibility index (Phi) is 25.0. The predicted molar refractivity (Wildman–Crippen MR) is 131 cm³/mol.